The van der Waals surface area contributed by atoms with Gasteiger partial charge >= 0.3 is 0 Å². The molecular formula is C2H9O4V-3. The molecule has 4 nitrogen and oxygen atoms in total. The zero-order chi connectivity index (χ0) is 4.00. The van der Waals surface area contributed by atoms with E-state index in [2.05, 4.69) is 0 Å². The van der Waals surface area contributed by atoms with Gasteiger partial charge < -0.3 is 21.2 Å². The van der Waals surface area contributed by atoms with E-state index in [4.69, 9.17) is 10.2 Å². The predicted molar refractivity (Wildman–Crippen MR) is 17.4 cm³/mol. The number of hydrogen-bond donors (Lipinski definition) is 0. The standard InChI is InChI=1S/2CH3O.2H2O.V/c2*1-2;;;/h2*1H3;2*1H2;/q2*-1;;;/p-1. The van der Waals surface area contributed by atoms with Gasteiger partial charge in [-0.15, -0.1) is 0 Å². The summed E-state index contributed by atoms with van der Waals surface area (Å²) in [5.41, 5.74) is 0. The third kappa shape index (κ3) is 698. The minimum absolute atomic E-state index is 0. The van der Waals surface area contributed by atoms with Crippen LogP contribution in [0.4, 0.5) is 0 Å². The number of rotatable bonds is 0. The van der Waals surface area contributed by atoms with Crippen LogP contribution >= 0.6 is 0 Å². The van der Waals surface area contributed by atoms with Gasteiger partial charge in [0, 0.05) is 18.6 Å². The molecule has 7 heavy (non-hydrogen) atoms. The maximum Gasteiger partial charge on any atom is 0 e. The third-order valence-electron chi connectivity index (χ3n) is 0. The first-order valence-electron chi connectivity index (χ1n) is 0.816. The predicted octanol–water partition coefficient (Wildman–Crippen LogP) is -3.05. The van der Waals surface area contributed by atoms with E-state index in [0.29, 0.717) is 0 Å². The van der Waals surface area contributed by atoms with E-state index in [1.165, 1.54) is 0 Å². The Labute approximate surface area is 54.7 Å². The first-order chi connectivity index (χ1) is 2.00. The molecule has 0 bridgehead atoms. The van der Waals surface area contributed by atoms with Gasteiger partial charge in [-0.3, -0.25) is 0 Å². The maximum absolute atomic E-state index is 8.25. The fraction of sp³-hybridized carbons (Fsp3) is 1.00. The summed E-state index contributed by atoms with van der Waals surface area (Å²) >= 11 is 0. The summed E-state index contributed by atoms with van der Waals surface area (Å²) in [7, 11) is 1.50. The van der Waals surface area contributed by atoms with Crippen LogP contribution in [0.15, 0.2) is 0 Å². The second-order valence-electron chi connectivity index (χ2n) is 0. The van der Waals surface area contributed by atoms with Crippen LogP contribution in [0.2, 0.25) is 0 Å². The van der Waals surface area contributed by atoms with Gasteiger partial charge in [-0.05, 0) is 0 Å². The van der Waals surface area contributed by atoms with Crippen LogP contribution < -0.4 is 10.2 Å². The van der Waals surface area contributed by atoms with E-state index in [1.54, 1.807) is 0 Å². The Morgan fingerprint density at radius 3 is 0.857 bits per heavy atom. The molecule has 0 atom stereocenters. The third-order valence-corrected chi connectivity index (χ3v) is 0. The molecule has 0 aliphatic heterocycles. The molecule has 49 valence electrons. The fourth-order valence-electron chi connectivity index (χ4n) is 0. The molecule has 3 N–H and O–H groups in total. The molecule has 0 aliphatic rings. The molecule has 0 saturated heterocycles. The molecule has 0 aromatic carbocycles. The summed E-state index contributed by atoms with van der Waals surface area (Å²) in [5, 5.41) is 16.5. The average Bonchev–Trinajstić information content (AvgIpc) is 1.50. The van der Waals surface area contributed by atoms with Crippen molar-refractivity contribution in [2.45, 2.75) is 0 Å². The Balaban J connectivity index is -0.00000000267. The Kier molecular flexibility index (Phi) is 7820. The van der Waals surface area contributed by atoms with Crippen molar-refractivity contribution >= 4 is 0 Å². The van der Waals surface area contributed by atoms with Gasteiger partial charge in [0.2, 0.25) is 0 Å². The molecule has 0 fully saturated rings. The van der Waals surface area contributed by atoms with E-state index in [0.717, 1.165) is 14.2 Å². The van der Waals surface area contributed by atoms with Crippen LogP contribution in [0.1, 0.15) is 0 Å². The van der Waals surface area contributed by atoms with E-state index >= 15 is 0 Å². The largest absolute Gasteiger partial charge is 0.870 e. The summed E-state index contributed by atoms with van der Waals surface area (Å²) in [6, 6.07) is 0. The smallest absolute Gasteiger partial charge is 0 e. The van der Waals surface area contributed by atoms with Crippen LogP contribution in [0.5, 0.6) is 0 Å². The average molecular weight is 148 g/mol. The summed E-state index contributed by atoms with van der Waals surface area (Å²) < 4.78 is 0. The van der Waals surface area contributed by atoms with Crippen molar-refractivity contribution in [3.05, 3.63) is 0 Å². The van der Waals surface area contributed by atoms with E-state index in [1.807, 2.05) is 0 Å². The van der Waals surface area contributed by atoms with Crippen LogP contribution in [-0.2, 0) is 18.6 Å². The van der Waals surface area contributed by atoms with Gasteiger partial charge in [-0.25, -0.2) is 0 Å². The van der Waals surface area contributed by atoms with Gasteiger partial charge in [0.25, 0.3) is 0 Å². The van der Waals surface area contributed by atoms with Crippen molar-refractivity contribution in [3.63, 3.8) is 0 Å². The molecule has 1 radical (unpaired) electrons. The van der Waals surface area contributed by atoms with E-state index < -0.39 is 0 Å². The first kappa shape index (κ1) is 52.1. The van der Waals surface area contributed by atoms with Crippen LogP contribution in [0.25, 0.3) is 0 Å². The van der Waals surface area contributed by atoms with Crippen molar-refractivity contribution in [3.8, 4) is 0 Å². The molecule has 0 aromatic rings. The van der Waals surface area contributed by atoms with Crippen molar-refractivity contribution < 1.29 is 39.7 Å². The maximum atomic E-state index is 8.25. The van der Waals surface area contributed by atoms with Crippen molar-refractivity contribution in [2.75, 3.05) is 14.2 Å². The SMILES string of the molecule is C[O-].C[O-].O.[OH-].[V]. The van der Waals surface area contributed by atoms with Crippen molar-refractivity contribution in [1.82, 2.24) is 0 Å². The fourth-order valence-corrected chi connectivity index (χ4v) is 0. The Hall–Kier alpha value is 0.424. The molecule has 0 saturated carbocycles. The van der Waals surface area contributed by atoms with Crippen LogP contribution in [0.3, 0.4) is 0 Å². The second-order valence-corrected chi connectivity index (χ2v) is 0. The molecule has 0 amide bonds. The summed E-state index contributed by atoms with van der Waals surface area (Å²) in [6.45, 7) is 0. The Bertz CT molecular complexity index is 9.65. The molecule has 0 aromatic heterocycles. The monoisotopic (exact) mass is 148 g/mol. The van der Waals surface area contributed by atoms with Gasteiger partial charge in [-0.2, -0.15) is 14.2 Å². The molecule has 5 heteroatoms. The zero-order valence-corrected chi connectivity index (χ0v) is 5.61. The van der Waals surface area contributed by atoms with E-state index in [-0.39, 0.29) is 29.5 Å². The topological polar surface area (TPSA) is 108 Å². The minimum Gasteiger partial charge on any atom is -0.870 e. The normalized spacial score (nSPS) is 1.71. The summed E-state index contributed by atoms with van der Waals surface area (Å²) in [5.74, 6) is 0. The van der Waals surface area contributed by atoms with Crippen LogP contribution in [0, 0.1) is 0 Å². The molecule has 0 aliphatic carbocycles. The number of hydrogen-bond acceptors (Lipinski definition) is 3. The Morgan fingerprint density at radius 1 is 0.857 bits per heavy atom. The van der Waals surface area contributed by atoms with Gasteiger partial charge in [0.1, 0.15) is 0 Å². The molecule has 0 rings (SSSR count). The second kappa shape index (κ2) is 1050. The molecular weight excluding hydrogens is 139 g/mol. The first-order valence-corrected chi connectivity index (χ1v) is 0.816. The Morgan fingerprint density at radius 2 is 0.857 bits per heavy atom. The van der Waals surface area contributed by atoms with E-state index in [9.17, 15) is 0 Å². The minimum atomic E-state index is 0. The van der Waals surface area contributed by atoms with Gasteiger partial charge in [0.05, 0.1) is 0 Å². The molecule has 0 spiro atoms. The quantitative estimate of drug-likeness (QED) is 0.364. The zero-order valence-electron chi connectivity index (χ0n) is 4.21. The summed E-state index contributed by atoms with van der Waals surface area (Å²) in [4.78, 5) is 0. The molecule has 0 unspecified atom stereocenters. The van der Waals surface area contributed by atoms with Crippen molar-refractivity contribution in [2.24, 2.45) is 0 Å². The van der Waals surface area contributed by atoms with Gasteiger partial charge in [0.15, 0.2) is 0 Å². The van der Waals surface area contributed by atoms with Gasteiger partial charge in [-0.1, -0.05) is 0 Å². The molecule has 0 heterocycles. The summed E-state index contributed by atoms with van der Waals surface area (Å²) in [6.07, 6.45) is 0. The van der Waals surface area contributed by atoms with Crippen molar-refractivity contribution in [1.29, 1.82) is 0 Å². The van der Waals surface area contributed by atoms with Crippen LogP contribution in [-0.4, -0.2) is 25.2 Å².